The summed E-state index contributed by atoms with van der Waals surface area (Å²) >= 11 is 1.73. The first-order valence-corrected chi connectivity index (χ1v) is 9.17. The lowest BCUT2D eigenvalue weighted by Gasteiger charge is -2.36. The van der Waals surface area contributed by atoms with Gasteiger partial charge in [0.15, 0.2) is 5.96 Å². The third kappa shape index (κ3) is 8.21. The Morgan fingerprint density at radius 1 is 1.33 bits per heavy atom. The van der Waals surface area contributed by atoms with Gasteiger partial charge in [-0.3, -0.25) is 14.7 Å². The molecule has 27 heavy (non-hydrogen) atoms. The number of rotatable bonds is 5. The Hall–Kier alpha value is -1.08. The second kappa shape index (κ2) is 11.1. The number of alkyl halides is 3. The Bertz CT molecular complexity index is 604. The molecule has 1 aliphatic rings. The van der Waals surface area contributed by atoms with Crippen molar-refractivity contribution in [2.45, 2.75) is 12.7 Å². The highest BCUT2D eigenvalue weighted by atomic mass is 127. The van der Waals surface area contributed by atoms with Crippen molar-refractivity contribution in [1.82, 2.24) is 20.0 Å². The predicted molar refractivity (Wildman–Crippen MR) is 112 cm³/mol. The first-order valence-electron chi connectivity index (χ1n) is 8.29. The van der Waals surface area contributed by atoms with Crippen molar-refractivity contribution in [3.63, 3.8) is 0 Å². The number of thiophene rings is 1. The minimum atomic E-state index is -4.40. The predicted octanol–water partition coefficient (Wildman–Crippen LogP) is 2.08. The van der Waals surface area contributed by atoms with Gasteiger partial charge < -0.3 is 15.1 Å². The van der Waals surface area contributed by atoms with Crippen molar-refractivity contribution >= 4 is 47.2 Å². The van der Waals surface area contributed by atoms with Crippen LogP contribution in [0, 0.1) is 0 Å². The maximum atomic E-state index is 12.3. The number of halogens is 4. The molecule has 6 nitrogen and oxygen atoms in total. The van der Waals surface area contributed by atoms with Gasteiger partial charge in [0, 0.05) is 51.7 Å². The molecule has 2 heterocycles. The van der Waals surface area contributed by atoms with E-state index in [1.54, 1.807) is 18.4 Å². The SMILES string of the molecule is CN=C(NCC(=O)N(C)CC(F)(F)F)N1CCN(Cc2cccs2)CC1.I. The van der Waals surface area contributed by atoms with Gasteiger partial charge in [-0.05, 0) is 11.4 Å². The van der Waals surface area contributed by atoms with Crippen LogP contribution in [0.25, 0.3) is 0 Å². The number of aliphatic imine (C=N–C) groups is 1. The lowest BCUT2D eigenvalue weighted by atomic mass is 10.3. The van der Waals surface area contributed by atoms with E-state index in [2.05, 4.69) is 26.7 Å². The van der Waals surface area contributed by atoms with Gasteiger partial charge in [-0.25, -0.2) is 0 Å². The number of amides is 1. The summed E-state index contributed by atoms with van der Waals surface area (Å²) in [6.45, 7) is 2.66. The zero-order valence-electron chi connectivity index (χ0n) is 15.3. The zero-order valence-corrected chi connectivity index (χ0v) is 18.5. The molecule has 1 aliphatic heterocycles. The monoisotopic (exact) mass is 519 g/mol. The number of piperazine rings is 1. The first-order chi connectivity index (χ1) is 12.3. The molecule has 1 saturated heterocycles. The van der Waals surface area contributed by atoms with Crippen LogP contribution >= 0.6 is 35.3 Å². The number of hydrogen-bond acceptors (Lipinski definition) is 4. The Labute approximate surface area is 178 Å². The summed E-state index contributed by atoms with van der Waals surface area (Å²) in [5, 5.41) is 4.93. The molecule has 0 aromatic carbocycles. The molecule has 2 rings (SSSR count). The van der Waals surface area contributed by atoms with Crippen LogP contribution in [-0.2, 0) is 11.3 Å². The van der Waals surface area contributed by atoms with E-state index in [1.807, 2.05) is 11.0 Å². The van der Waals surface area contributed by atoms with Gasteiger partial charge in [-0.2, -0.15) is 13.2 Å². The van der Waals surface area contributed by atoms with E-state index in [4.69, 9.17) is 0 Å². The fourth-order valence-electron chi connectivity index (χ4n) is 2.72. The molecule has 1 fully saturated rings. The molecule has 1 aromatic heterocycles. The molecule has 0 aliphatic carbocycles. The number of hydrogen-bond donors (Lipinski definition) is 1. The average molecular weight is 519 g/mol. The molecule has 1 aromatic rings. The number of carbonyl (C=O) groups excluding carboxylic acids is 1. The summed E-state index contributed by atoms with van der Waals surface area (Å²) in [6, 6.07) is 4.15. The molecule has 11 heteroatoms. The molecule has 0 spiro atoms. The number of nitrogens with zero attached hydrogens (tertiary/aromatic N) is 4. The van der Waals surface area contributed by atoms with Gasteiger partial charge in [0.1, 0.15) is 6.54 Å². The van der Waals surface area contributed by atoms with Gasteiger partial charge in [0.2, 0.25) is 5.91 Å². The van der Waals surface area contributed by atoms with Gasteiger partial charge in [0.25, 0.3) is 0 Å². The fourth-order valence-corrected chi connectivity index (χ4v) is 3.47. The van der Waals surface area contributed by atoms with Gasteiger partial charge >= 0.3 is 6.18 Å². The number of nitrogens with one attached hydrogen (secondary N) is 1. The molecule has 0 saturated carbocycles. The molecule has 0 bridgehead atoms. The van der Waals surface area contributed by atoms with Crippen LogP contribution < -0.4 is 5.32 Å². The van der Waals surface area contributed by atoms with Crippen molar-refractivity contribution in [1.29, 1.82) is 0 Å². The van der Waals surface area contributed by atoms with E-state index in [9.17, 15) is 18.0 Å². The van der Waals surface area contributed by atoms with Crippen LogP contribution in [0.15, 0.2) is 22.5 Å². The van der Waals surface area contributed by atoms with Crippen molar-refractivity contribution in [3.05, 3.63) is 22.4 Å². The van der Waals surface area contributed by atoms with E-state index >= 15 is 0 Å². The summed E-state index contributed by atoms with van der Waals surface area (Å²) < 4.78 is 37.0. The van der Waals surface area contributed by atoms with Crippen LogP contribution in [0.2, 0.25) is 0 Å². The standard InChI is InChI=1S/C16H24F3N5OS.HI/c1-20-15(21-10-14(25)22(2)12-16(17,18)19)24-7-5-23(6-8-24)11-13-4-3-9-26-13;/h3-4,9H,5-8,10-12H2,1-2H3,(H,20,21);1H. The first kappa shape index (κ1) is 24.0. The van der Waals surface area contributed by atoms with Crippen molar-refractivity contribution < 1.29 is 18.0 Å². The second-order valence-electron chi connectivity index (χ2n) is 6.11. The second-order valence-corrected chi connectivity index (χ2v) is 7.14. The van der Waals surface area contributed by atoms with Gasteiger partial charge in [-0.1, -0.05) is 6.07 Å². The number of likely N-dealkylation sites (N-methyl/N-ethyl adjacent to an activating group) is 1. The highest BCUT2D eigenvalue weighted by Gasteiger charge is 2.31. The van der Waals surface area contributed by atoms with E-state index in [0.29, 0.717) is 10.9 Å². The minimum Gasteiger partial charge on any atom is -0.347 e. The fraction of sp³-hybridized carbons (Fsp3) is 0.625. The van der Waals surface area contributed by atoms with E-state index in [-0.39, 0.29) is 30.5 Å². The van der Waals surface area contributed by atoms with Crippen LogP contribution in [0.4, 0.5) is 13.2 Å². The Balaban J connectivity index is 0.00000364. The molecule has 0 unspecified atom stereocenters. The maximum Gasteiger partial charge on any atom is 0.406 e. The van der Waals surface area contributed by atoms with Crippen LogP contribution in [-0.4, -0.2) is 86.1 Å². The minimum absolute atomic E-state index is 0. The quantitative estimate of drug-likeness (QED) is 0.368. The van der Waals surface area contributed by atoms with Crippen molar-refractivity contribution in [2.75, 3.05) is 53.4 Å². The van der Waals surface area contributed by atoms with Crippen LogP contribution in [0.5, 0.6) is 0 Å². The van der Waals surface area contributed by atoms with Gasteiger partial charge in [-0.15, -0.1) is 35.3 Å². The summed E-state index contributed by atoms with van der Waals surface area (Å²) in [5.74, 6) is -0.0886. The Kier molecular flexibility index (Phi) is 9.81. The molecular weight excluding hydrogens is 494 g/mol. The van der Waals surface area contributed by atoms with Crippen LogP contribution in [0.3, 0.4) is 0 Å². The largest absolute Gasteiger partial charge is 0.406 e. The number of carbonyl (C=O) groups is 1. The Morgan fingerprint density at radius 2 is 2.00 bits per heavy atom. The van der Waals surface area contributed by atoms with Crippen molar-refractivity contribution in [3.8, 4) is 0 Å². The molecule has 0 atom stereocenters. The van der Waals surface area contributed by atoms with Crippen LogP contribution in [0.1, 0.15) is 4.88 Å². The summed E-state index contributed by atoms with van der Waals surface area (Å²) in [7, 11) is 2.74. The molecular formula is C16H25F3IN5OS. The van der Waals surface area contributed by atoms with E-state index < -0.39 is 18.6 Å². The average Bonchev–Trinajstić information content (AvgIpc) is 3.08. The number of guanidine groups is 1. The summed E-state index contributed by atoms with van der Waals surface area (Å²) in [5.41, 5.74) is 0. The summed E-state index contributed by atoms with van der Waals surface area (Å²) in [6.07, 6.45) is -4.40. The van der Waals surface area contributed by atoms with Crippen molar-refractivity contribution in [2.24, 2.45) is 4.99 Å². The molecule has 1 amide bonds. The highest BCUT2D eigenvalue weighted by Crippen LogP contribution is 2.15. The van der Waals surface area contributed by atoms with E-state index in [1.165, 1.54) is 4.88 Å². The highest BCUT2D eigenvalue weighted by molar-refractivity contribution is 14.0. The lowest BCUT2D eigenvalue weighted by molar-refractivity contribution is -0.157. The third-order valence-electron chi connectivity index (χ3n) is 4.08. The maximum absolute atomic E-state index is 12.3. The van der Waals surface area contributed by atoms with E-state index in [0.717, 1.165) is 39.8 Å². The summed E-state index contributed by atoms with van der Waals surface area (Å²) in [4.78, 5) is 22.3. The molecule has 0 radical (unpaired) electrons. The normalized spacial score (nSPS) is 16.0. The zero-order chi connectivity index (χ0) is 19.2. The topological polar surface area (TPSA) is 51.2 Å². The third-order valence-corrected chi connectivity index (χ3v) is 4.94. The molecule has 1 N–H and O–H groups in total. The molecule has 154 valence electrons. The van der Waals surface area contributed by atoms with Gasteiger partial charge in [0.05, 0.1) is 6.54 Å². The Morgan fingerprint density at radius 3 is 2.52 bits per heavy atom. The lowest BCUT2D eigenvalue weighted by Crippen LogP contribution is -2.53. The smallest absolute Gasteiger partial charge is 0.347 e.